The van der Waals surface area contributed by atoms with Crippen LogP contribution in [0.2, 0.25) is 0 Å². The van der Waals surface area contributed by atoms with Gasteiger partial charge in [-0.2, -0.15) is 0 Å². The first kappa shape index (κ1) is 19.2. The van der Waals surface area contributed by atoms with Gasteiger partial charge in [0.05, 0.1) is 18.9 Å². The van der Waals surface area contributed by atoms with Crippen molar-refractivity contribution in [2.45, 2.75) is 39.1 Å². The van der Waals surface area contributed by atoms with Crippen LogP contribution < -0.4 is 0 Å². The largest absolute Gasteiger partial charge is 0.510 e. The lowest BCUT2D eigenvalue weighted by Gasteiger charge is -2.35. The molecule has 138 valence electrons. The Bertz CT molecular complexity index is 566. The molecule has 0 aromatic heterocycles. The van der Waals surface area contributed by atoms with Gasteiger partial charge < -0.3 is 24.2 Å². The van der Waals surface area contributed by atoms with Crippen LogP contribution in [-0.2, 0) is 19.0 Å². The van der Waals surface area contributed by atoms with E-state index in [1.165, 1.54) is 6.92 Å². The highest BCUT2D eigenvalue weighted by Gasteiger charge is 2.36. The van der Waals surface area contributed by atoms with Crippen molar-refractivity contribution in [2.24, 2.45) is 11.1 Å². The topological polar surface area (TPSA) is 86.6 Å². The number of benzene rings is 1. The van der Waals surface area contributed by atoms with E-state index in [2.05, 4.69) is 9.89 Å². The summed E-state index contributed by atoms with van der Waals surface area (Å²) in [6.45, 7) is 4.75. The van der Waals surface area contributed by atoms with Gasteiger partial charge in [0.25, 0.3) is 0 Å². The molecule has 0 atom stereocenters. The summed E-state index contributed by atoms with van der Waals surface area (Å²) < 4.78 is 15.3. The van der Waals surface area contributed by atoms with Gasteiger partial charge in [-0.3, -0.25) is 0 Å². The molecule has 1 aromatic carbocycles. The Morgan fingerprint density at radius 2 is 1.96 bits per heavy atom. The number of oxime groups is 1. The first-order valence-corrected chi connectivity index (χ1v) is 8.40. The second kappa shape index (κ2) is 9.39. The molecule has 1 aromatic rings. The van der Waals surface area contributed by atoms with Gasteiger partial charge in [-0.05, 0) is 31.7 Å². The molecule has 0 radical (unpaired) electrons. The van der Waals surface area contributed by atoms with Gasteiger partial charge in [0.1, 0.15) is 6.61 Å². The molecule has 0 unspecified atom stereocenters. The smallest absolute Gasteiger partial charge is 0.450 e. The maximum Gasteiger partial charge on any atom is 0.510 e. The molecule has 0 amide bonds. The van der Waals surface area contributed by atoms with E-state index in [9.17, 15) is 4.79 Å². The number of hydrogen-bond acceptors (Lipinski definition) is 6. The van der Waals surface area contributed by atoms with E-state index in [1.807, 2.05) is 37.3 Å². The van der Waals surface area contributed by atoms with Gasteiger partial charge in [0, 0.05) is 12.8 Å². The van der Waals surface area contributed by atoms with Gasteiger partial charge in [-0.25, -0.2) is 4.79 Å². The SMILES string of the molecule is CC(=NOCCCCC1COC(C)(OC(=O)O)OC1)c1ccccc1. The number of nitrogens with zero attached hydrogens (tertiary/aromatic N) is 1. The fourth-order valence-corrected chi connectivity index (χ4v) is 2.49. The highest BCUT2D eigenvalue weighted by molar-refractivity contribution is 5.98. The van der Waals surface area contributed by atoms with E-state index in [0.29, 0.717) is 19.8 Å². The number of rotatable bonds is 8. The molecule has 1 aliphatic heterocycles. The predicted molar refractivity (Wildman–Crippen MR) is 91.4 cm³/mol. The van der Waals surface area contributed by atoms with Gasteiger partial charge in [-0.15, -0.1) is 0 Å². The Morgan fingerprint density at radius 3 is 2.60 bits per heavy atom. The Hall–Kier alpha value is -2.12. The van der Waals surface area contributed by atoms with Crippen LogP contribution in [0.3, 0.4) is 0 Å². The number of unbranched alkanes of at least 4 members (excludes halogenated alkanes) is 1. The van der Waals surface area contributed by atoms with Gasteiger partial charge >= 0.3 is 12.1 Å². The van der Waals surface area contributed by atoms with Crippen LogP contribution in [0, 0.1) is 5.92 Å². The third-order valence-electron chi connectivity index (χ3n) is 3.93. The Morgan fingerprint density at radius 1 is 1.28 bits per heavy atom. The summed E-state index contributed by atoms with van der Waals surface area (Å²) in [6, 6.07) is 9.89. The average molecular weight is 351 g/mol. The molecule has 1 aliphatic rings. The molecule has 2 rings (SSSR count). The van der Waals surface area contributed by atoms with Crippen molar-refractivity contribution >= 4 is 11.9 Å². The molecule has 0 spiro atoms. The zero-order chi connectivity index (χ0) is 18.1. The van der Waals surface area contributed by atoms with Gasteiger partial charge in [0.2, 0.25) is 0 Å². The van der Waals surface area contributed by atoms with Crippen LogP contribution >= 0.6 is 0 Å². The maximum absolute atomic E-state index is 10.6. The van der Waals surface area contributed by atoms with Crippen molar-refractivity contribution in [3.8, 4) is 0 Å². The van der Waals surface area contributed by atoms with Crippen LogP contribution in [0.15, 0.2) is 35.5 Å². The third kappa shape index (κ3) is 6.72. The zero-order valence-electron chi connectivity index (χ0n) is 14.6. The minimum atomic E-state index is -1.49. The van der Waals surface area contributed by atoms with Gasteiger partial charge in [-0.1, -0.05) is 35.5 Å². The summed E-state index contributed by atoms with van der Waals surface area (Å²) in [6.07, 6.45) is 1.33. The summed E-state index contributed by atoms with van der Waals surface area (Å²) in [7, 11) is 0. The first-order chi connectivity index (χ1) is 12.0. The van der Waals surface area contributed by atoms with Crippen molar-refractivity contribution in [1.29, 1.82) is 0 Å². The quantitative estimate of drug-likeness (QED) is 0.333. The lowest BCUT2D eigenvalue weighted by molar-refractivity contribution is -0.379. The van der Waals surface area contributed by atoms with Gasteiger partial charge in [0.15, 0.2) is 0 Å². The third-order valence-corrected chi connectivity index (χ3v) is 3.93. The minimum absolute atomic E-state index is 0.222. The molecule has 0 aliphatic carbocycles. The molecular formula is C18H25NO6. The average Bonchev–Trinajstić information content (AvgIpc) is 2.59. The van der Waals surface area contributed by atoms with E-state index in [1.54, 1.807) is 0 Å². The Kier molecular flexibility index (Phi) is 7.21. The maximum atomic E-state index is 10.6. The highest BCUT2D eigenvalue weighted by atomic mass is 16.9. The fraction of sp³-hybridized carbons (Fsp3) is 0.556. The second-order valence-corrected chi connectivity index (χ2v) is 6.09. The van der Waals surface area contributed by atoms with Crippen LogP contribution in [-0.4, -0.2) is 42.8 Å². The second-order valence-electron chi connectivity index (χ2n) is 6.09. The molecular weight excluding hydrogens is 326 g/mol. The summed E-state index contributed by atoms with van der Waals surface area (Å²) in [5.74, 6) is -1.27. The summed E-state index contributed by atoms with van der Waals surface area (Å²) >= 11 is 0. The van der Waals surface area contributed by atoms with Crippen LogP contribution in [0.25, 0.3) is 0 Å². The predicted octanol–water partition coefficient (Wildman–Crippen LogP) is 3.63. The lowest BCUT2D eigenvalue weighted by atomic mass is 10.0. The van der Waals surface area contributed by atoms with Crippen molar-refractivity contribution in [3.63, 3.8) is 0 Å². The monoisotopic (exact) mass is 351 g/mol. The summed E-state index contributed by atoms with van der Waals surface area (Å²) in [4.78, 5) is 15.9. The van der Waals surface area contributed by atoms with E-state index >= 15 is 0 Å². The molecule has 25 heavy (non-hydrogen) atoms. The molecule has 1 N–H and O–H groups in total. The Balaban J connectivity index is 1.58. The van der Waals surface area contributed by atoms with Crippen LogP contribution in [0.5, 0.6) is 0 Å². The summed E-state index contributed by atoms with van der Waals surface area (Å²) in [5.41, 5.74) is 1.90. The molecule has 7 nitrogen and oxygen atoms in total. The Labute approximate surface area is 147 Å². The zero-order valence-corrected chi connectivity index (χ0v) is 14.6. The van der Waals surface area contributed by atoms with Crippen molar-refractivity contribution in [1.82, 2.24) is 0 Å². The van der Waals surface area contributed by atoms with E-state index in [0.717, 1.165) is 30.5 Å². The van der Waals surface area contributed by atoms with E-state index < -0.39 is 12.1 Å². The van der Waals surface area contributed by atoms with Crippen molar-refractivity contribution in [3.05, 3.63) is 35.9 Å². The molecule has 7 heteroatoms. The molecule has 1 fully saturated rings. The summed E-state index contributed by atoms with van der Waals surface area (Å²) in [5, 5.41) is 12.7. The lowest BCUT2D eigenvalue weighted by Crippen LogP contribution is -2.45. The highest BCUT2D eigenvalue weighted by Crippen LogP contribution is 2.25. The fourth-order valence-electron chi connectivity index (χ4n) is 2.49. The van der Waals surface area contributed by atoms with Crippen LogP contribution in [0.1, 0.15) is 38.7 Å². The minimum Gasteiger partial charge on any atom is -0.450 e. The van der Waals surface area contributed by atoms with E-state index in [4.69, 9.17) is 19.4 Å². The molecule has 1 heterocycles. The number of hydrogen-bond donors (Lipinski definition) is 1. The van der Waals surface area contributed by atoms with Crippen LogP contribution in [0.4, 0.5) is 4.79 Å². The van der Waals surface area contributed by atoms with Crippen molar-refractivity contribution in [2.75, 3.05) is 19.8 Å². The van der Waals surface area contributed by atoms with Crippen molar-refractivity contribution < 1.29 is 28.9 Å². The number of ether oxygens (including phenoxy) is 3. The first-order valence-electron chi connectivity index (χ1n) is 8.40. The number of carboxylic acid groups (broad SMARTS) is 1. The van der Waals surface area contributed by atoms with E-state index in [-0.39, 0.29) is 5.92 Å². The normalized spacial score (nSPS) is 23.9. The number of carbonyl (C=O) groups is 1. The standard InChI is InChI=1S/C18H25NO6/c1-14(16-9-4-3-5-10-16)19-24-11-7-6-8-15-12-22-18(2,23-13-15)25-17(20)21/h3-5,9-10,15H,6-8,11-13H2,1-2H3,(H,20,21). The molecule has 0 bridgehead atoms. The molecule has 1 saturated heterocycles. The molecule has 0 saturated carbocycles.